The summed E-state index contributed by atoms with van der Waals surface area (Å²) in [5.74, 6) is 0.276. The summed E-state index contributed by atoms with van der Waals surface area (Å²) in [5.41, 5.74) is 2.45. The van der Waals surface area contributed by atoms with E-state index in [9.17, 15) is 9.18 Å². The van der Waals surface area contributed by atoms with Crippen molar-refractivity contribution in [2.24, 2.45) is 0 Å². The fourth-order valence-corrected chi connectivity index (χ4v) is 5.06. The Balaban J connectivity index is 1.48. The van der Waals surface area contributed by atoms with Crippen LogP contribution in [0.1, 0.15) is 55.7 Å². The molecule has 0 atom stereocenters. The van der Waals surface area contributed by atoms with Gasteiger partial charge >= 0.3 is 5.97 Å². The highest BCUT2D eigenvalue weighted by Crippen LogP contribution is 2.51. The second kappa shape index (κ2) is 9.28. The summed E-state index contributed by atoms with van der Waals surface area (Å²) in [7, 11) is 0. The van der Waals surface area contributed by atoms with Crippen molar-refractivity contribution in [3.05, 3.63) is 57.9 Å². The molecule has 2 heterocycles. The Morgan fingerprint density at radius 1 is 1.28 bits per heavy atom. The highest BCUT2D eigenvalue weighted by molar-refractivity contribution is 6.33. The third-order valence-electron chi connectivity index (χ3n) is 6.73. The van der Waals surface area contributed by atoms with E-state index < -0.39 is 5.97 Å². The number of carbonyl (C=O) groups is 1. The minimum absolute atomic E-state index is 0.0996. The van der Waals surface area contributed by atoms with Crippen molar-refractivity contribution >= 4 is 17.6 Å². The van der Waals surface area contributed by atoms with Gasteiger partial charge < -0.3 is 19.5 Å². The van der Waals surface area contributed by atoms with Crippen molar-refractivity contribution < 1.29 is 23.8 Å². The number of nitrogens with zero attached hydrogens (tertiary/aromatic N) is 1. The first kappa shape index (κ1) is 22.9. The molecule has 5 nitrogen and oxygen atoms in total. The summed E-state index contributed by atoms with van der Waals surface area (Å²) in [6.45, 7) is 6.95. The third-order valence-corrected chi connectivity index (χ3v) is 7.09. The molecule has 1 saturated heterocycles. The zero-order valence-corrected chi connectivity index (χ0v) is 19.3. The van der Waals surface area contributed by atoms with Gasteiger partial charge in [-0.25, -0.2) is 4.39 Å². The fraction of sp³-hybridized carbons (Fsp3) is 0.480. The molecule has 0 radical (unpaired) electrons. The summed E-state index contributed by atoms with van der Waals surface area (Å²) in [6.07, 6.45) is 1.94. The van der Waals surface area contributed by atoms with Crippen molar-refractivity contribution in [1.29, 1.82) is 0 Å². The van der Waals surface area contributed by atoms with Crippen LogP contribution in [0.2, 0.25) is 5.02 Å². The number of hydrogen-bond acceptors (Lipinski definition) is 4. The van der Waals surface area contributed by atoms with E-state index in [2.05, 4.69) is 4.90 Å². The van der Waals surface area contributed by atoms with Crippen LogP contribution in [0.5, 0.6) is 11.5 Å². The molecule has 1 N–H and O–H groups in total. The maximum Gasteiger partial charge on any atom is 0.304 e. The quantitative estimate of drug-likeness (QED) is 0.599. The highest BCUT2D eigenvalue weighted by Gasteiger charge is 2.44. The molecule has 1 spiro atoms. The number of hydrogen-bond donors (Lipinski definition) is 1. The first-order chi connectivity index (χ1) is 15.3. The van der Waals surface area contributed by atoms with Crippen LogP contribution < -0.4 is 9.47 Å². The lowest BCUT2D eigenvalue weighted by Crippen LogP contribution is -2.44. The Bertz CT molecular complexity index is 1000. The Hall–Kier alpha value is -2.31. The van der Waals surface area contributed by atoms with Gasteiger partial charge in [0, 0.05) is 23.1 Å². The van der Waals surface area contributed by atoms with Gasteiger partial charge in [-0.05, 0) is 49.5 Å². The number of ether oxygens (including phenoxy) is 2. The van der Waals surface area contributed by atoms with Crippen molar-refractivity contribution in [2.45, 2.75) is 51.0 Å². The molecule has 1 fully saturated rings. The molecular formula is C25H29ClFNO4. The molecule has 0 unspecified atom stereocenters. The number of aliphatic carboxylic acids is 1. The van der Waals surface area contributed by atoms with Gasteiger partial charge in [0.05, 0.1) is 13.0 Å². The summed E-state index contributed by atoms with van der Waals surface area (Å²) in [4.78, 5) is 13.0. The average Bonchev–Trinajstić information content (AvgIpc) is 3.12. The fourth-order valence-electron chi connectivity index (χ4n) is 4.79. The molecular weight excluding hydrogens is 433 g/mol. The summed E-state index contributed by atoms with van der Waals surface area (Å²) >= 11 is 6.66. The zero-order valence-electron chi connectivity index (χ0n) is 18.5. The normalized spacial score (nSPS) is 17.4. The Morgan fingerprint density at radius 3 is 2.72 bits per heavy atom. The van der Waals surface area contributed by atoms with Crippen LogP contribution >= 0.6 is 11.6 Å². The zero-order chi connectivity index (χ0) is 22.9. The number of carboxylic acid groups (broad SMARTS) is 1. The van der Waals surface area contributed by atoms with E-state index in [1.54, 1.807) is 6.07 Å². The van der Waals surface area contributed by atoms with E-state index in [1.165, 1.54) is 6.07 Å². The number of halogens is 2. The largest absolute Gasteiger partial charge is 0.491 e. The Morgan fingerprint density at radius 2 is 2.03 bits per heavy atom. The highest BCUT2D eigenvalue weighted by atomic mass is 35.5. The topological polar surface area (TPSA) is 59.0 Å². The van der Waals surface area contributed by atoms with Crippen molar-refractivity contribution in [2.75, 3.05) is 26.2 Å². The third kappa shape index (κ3) is 4.44. The second-order valence-electron chi connectivity index (χ2n) is 9.06. The van der Waals surface area contributed by atoms with Crippen LogP contribution in [0.4, 0.5) is 4.39 Å². The molecule has 0 aliphatic carbocycles. The van der Waals surface area contributed by atoms with Gasteiger partial charge in [0.1, 0.15) is 28.9 Å². The lowest BCUT2D eigenvalue weighted by atomic mass is 9.74. The Labute approximate surface area is 193 Å². The Kier molecular flexibility index (Phi) is 6.63. The maximum atomic E-state index is 14.4. The summed E-state index contributed by atoms with van der Waals surface area (Å²) < 4.78 is 26.4. The molecule has 2 aromatic carbocycles. The molecule has 2 aliphatic heterocycles. The molecule has 0 amide bonds. The second-order valence-corrected chi connectivity index (χ2v) is 9.44. The lowest BCUT2D eigenvalue weighted by Gasteiger charge is -2.38. The van der Waals surface area contributed by atoms with Crippen LogP contribution in [-0.2, 0) is 16.8 Å². The average molecular weight is 462 g/mol. The van der Waals surface area contributed by atoms with E-state index in [-0.39, 0.29) is 30.2 Å². The number of carboxylic acids is 1. The number of piperidine rings is 1. The van der Waals surface area contributed by atoms with E-state index >= 15 is 0 Å². The SMILES string of the molecule is CC(C)c1cccc(F)c1COc1ccc2c(c1Cl)OCC21CCN(CCC(=O)O)CC1. The minimum atomic E-state index is -0.768. The minimum Gasteiger partial charge on any atom is -0.491 e. The predicted octanol–water partition coefficient (Wildman–Crippen LogP) is 5.38. The molecule has 7 heteroatoms. The van der Waals surface area contributed by atoms with E-state index in [0.29, 0.717) is 35.2 Å². The van der Waals surface area contributed by atoms with Crippen molar-refractivity contribution in [1.82, 2.24) is 4.90 Å². The summed E-state index contributed by atoms with van der Waals surface area (Å²) in [6, 6.07) is 8.96. The van der Waals surface area contributed by atoms with Gasteiger partial charge in [-0.15, -0.1) is 0 Å². The monoisotopic (exact) mass is 461 g/mol. The van der Waals surface area contributed by atoms with E-state index in [4.69, 9.17) is 26.2 Å². The van der Waals surface area contributed by atoms with Gasteiger partial charge in [-0.3, -0.25) is 4.79 Å². The molecule has 0 bridgehead atoms. The molecule has 2 aliphatic rings. The summed E-state index contributed by atoms with van der Waals surface area (Å²) in [5, 5.41) is 9.34. The molecule has 0 saturated carbocycles. The van der Waals surface area contributed by atoms with Gasteiger partial charge in [-0.2, -0.15) is 0 Å². The number of likely N-dealkylation sites (tertiary alicyclic amines) is 1. The van der Waals surface area contributed by atoms with Gasteiger partial charge in [0.25, 0.3) is 0 Å². The van der Waals surface area contributed by atoms with Gasteiger partial charge in [0.2, 0.25) is 0 Å². The van der Waals surface area contributed by atoms with Gasteiger partial charge in [0.15, 0.2) is 0 Å². The van der Waals surface area contributed by atoms with E-state index in [1.807, 2.05) is 32.0 Å². The molecule has 0 aromatic heterocycles. The molecule has 32 heavy (non-hydrogen) atoms. The van der Waals surface area contributed by atoms with Crippen molar-refractivity contribution in [3.8, 4) is 11.5 Å². The van der Waals surface area contributed by atoms with Crippen LogP contribution in [0, 0.1) is 5.82 Å². The van der Waals surface area contributed by atoms with Crippen LogP contribution in [-0.4, -0.2) is 42.2 Å². The molecule has 2 aromatic rings. The molecule has 172 valence electrons. The number of fused-ring (bicyclic) bond motifs is 2. The van der Waals surface area contributed by atoms with Crippen LogP contribution in [0.3, 0.4) is 0 Å². The first-order valence-corrected chi connectivity index (χ1v) is 11.5. The van der Waals surface area contributed by atoms with Crippen molar-refractivity contribution in [3.63, 3.8) is 0 Å². The van der Waals surface area contributed by atoms with E-state index in [0.717, 1.165) is 37.1 Å². The van der Waals surface area contributed by atoms with Gasteiger partial charge in [-0.1, -0.05) is 43.6 Å². The maximum absolute atomic E-state index is 14.4. The van der Waals surface area contributed by atoms with Crippen LogP contribution in [0.25, 0.3) is 0 Å². The standard InChI is InChI=1S/C25H29ClFNO4/c1-16(2)17-4-3-5-20(27)18(17)14-31-21-7-6-19-24(23(21)26)32-15-25(19)9-12-28(13-10-25)11-8-22(29)30/h3-7,16H,8-15H2,1-2H3,(H,29,30). The first-order valence-electron chi connectivity index (χ1n) is 11.1. The predicted molar refractivity (Wildman–Crippen MR) is 121 cm³/mol. The molecule has 4 rings (SSSR count). The number of benzene rings is 2. The lowest BCUT2D eigenvalue weighted by molar-refractivity contribution is -0.137. The van der Waals surface area contributed by atoms with Crippen LogP contribution in [0.15, 0.2) is 30.3 Å². The number of rotatable bonds is 7. The smallest absolute Gasteiger partial charge is 0.304 e.